The van der Waals surface area contributed by atoms with Crippen molar-refractivity contribution in [2.45, 2.75) is 33.7 Å². The second kappa shape index (κ2) is 7.18. The van der Waals surface area contributed by atoms with Crippen LogP contribution in [0, 0.1) is 27.7 Å². The predicted molar refractivity (Wildman–Crippen MR) is 112 cm³/mol. The van der Waals surface area contributed by atoms with Crippen LogP contribution in [-0.4, -0.2) is 26.9 Å². The molecule has 0 radical (unpaired) electrons. The van der Waals surface area contributed by atoms with Crippen LogP contribution in [0.4, 0.5) is 5.82 Å². The first kappa shape index (κ1) is 20.0. The first-order valence-corrected chi connectivity index (χ1v) is 9.74. The third kappa shape index (κ3) is 3.02. The van der Waals surface area contributed by atoms with Gasteiger partial charge in [-0.05, 0) is 51.0 Å². The Kier molecular flexibility index (Phi) is 4.78. The molecule has 3 heterocycles. The summed E-state index contributed by atoms with van der Waals surface area (Å²) in [5, 5.41) is 15.7. The van der Waals surface area contributed by atoms with E-state index in [1.54, 1.807) is 37.3 Å². The van der Waals surface area contributed by atoms with Gasteiger partial charge in [-0.3, -0.25) is 14.5 Å². The number of Topliss-reactive ketones (excluding diaryl/α,β-unsaturated/α-hetero) is 1. The standard InChI is InChI=1S/C22H20ClN3O4/c1-10-9-16(25-30-10)26-19(14-5-7-15(23)8-6-14)18(21(28)22(26)29)20(27)17-11(2)12(3)24-13(17)4/h5-9,19,24,27H,1-4H3/b20-18+. The van der Waals surface area contributed by atoms with Crippen LogP contribution in [0.5, 0.6) is 0 Å². The van der Waals surface area contributed by atoms with Crippen LogP contribution in [0.2, 0.25) is 5.02 Å². The summed E-state index contributed by atoms with van der Waals surface area (Å²) in [5.41, 5.74) is 3.51. The van der Waals surface area contributed by atoms with Crippen molar-refractivity contribution in [3.05, 3.63) is 74.8 Å². The number of halogens is 1. The Morgan fingerprint density at radius 1 is 1.13 bits per heavy atom. The van der Waals surface area contributed by atoms with E-state index < -0.39 is 17.7 Å². The molecule has 1 aliphatic heterocycles. The molecule has 4 rings (SSSR count). The zero-order valence-electron chi connectivity index (χ0n) is 16.9. The third-order valence-electron chi connectivity index (χ3n) is 5.42. The molecule has 154 valence electrons. The Morgan fingerprint density at radius 3 is 2.33 bits per heavy atom. The van der Waals surface area contributed by atoms with Gasteiger partial charge >= 0.3 is 5.91 Å². The molecule has 2 aromatic heterocycles. The van der Waals surface area contributed by atoms with E-state index in [1.807, 2.05) is 20.8 Å². The number of carbonyl (C=O) groups is 2. The molecule has 1 saturated heterocycles. The van der Waals surface area contributed by atoms with Crippen LogP contribution < -0.4 is 4.90 Å². The zero-order chi connectivity index (χ0) is 21.7. The minimum Gasteiger partial charge on any atom is -0.507 e. The monoisotopic (exact) mass is 425 g/mol. The van der Waals surface area contributed by atoms with Crippen LogP contribution >= 0.6 is 11.6 Å². The maximum atomic E-state index is 13.1. The average molecular weight is 426 g/mol. The summed E-state index contributed by atoms with van der Waals surface area (Å²) in [6.45, 7) is 7.23. The number of aliphatic hydroxyl groups excluding tert-OH is 1. The number of aryl methyl sites for hydroxylation is 3. The fourth-order valence-electron chi connectivity index (χ4n) is 3.89. The second-order valence-electron chi connectivity index (χ2n) is 7.39. The van der Waals surface area contributed by atoms with Gasteiger partial charge in [-0.1, -0.05) is 28.9 Å². The highest BCUT2D eigenvalue weighted by molar-refractivity contribution is 6.51. The van der Waals surface area contributed by atoms with Gasteiger partial charge in [0.2, 0.25) is 0 Å². The zero-order valence-corrected chi connectivity index (χ0v) is 17.7. The number of aliphatic hydroxyl groups is 1. The minimum absolute atomic E-state index is 0.00632. The highest BCUT2D eigenvalue weighted by Crippen LogP contribution is 2.43. The summed E-state index contributed by atoms with van der Waals surface area (Å²) >= 11 is 6.03. The van der Waals surface area contributed by atoms with Crippen LogP contribution in [0.15, 0.2) is 40.4 Å². The molecule has 3 aromatic rings. The van der Waals surface area contributed by atoms with Crippen LogP contribution in [0.1, 0.15) is 39.9 Å². The lowest BCUT2D eigenvalue weighted by atomic mass is 9.94. The van der Waals surface area contributed by atoms with Gasteiger partial charge in [0, 0.05) is 28.0 Å². The van der Waals surface area contributed by atoms with Crippen molar-refractivity contribution in [2.24, 2.45) is 0 Å². The fourth-order valence-corrected chi connectivity index (χ4v) is 4.02. The Hall–Kier alpha value is -3.32. The predicted octanol–water partition coefficient (Wildman–Crippen LogP) is 4.52. The van der Waals surface area contributed by atoms with Crippen molar-refractivity contribution in [3.63, 3.8) is 0 Å². The molecule has 1 atom stereocenters. The third-order valence-corrected chi connectivity index (χ3v) is 5.67. The van der Waals surface area contributed by atoms with E-state index in [0.29, 0.717) is 27.6 Å². The molecule has 0 bridgehead atoms. The first-order valence-electron chi connectivity index (χ1n) is 9.36. The molecule has 8 heteroatoms. The molecule has 30 heavy (non-hydrogen) atoms. The van der Waals surface area contributed by atoms with Crippen LogP contribution in [0.3, 0.4) is 0 Å². The summed E-state index contributed by atoms with van der Waals surface area (Å²) < 4.78 is 5.13. The number of aromatic nitrogens is 2. The Labute approximate surface area is 177 Å². The minimum atomic E-state index is -0.874. The number of hydrogen-bond donors (Lipinski definition) is 2. The maximum Gasteiger partial charge on any atom is 0.301 e. The number of anilines is 1. The van der Waals surface area contributed by atoms with Gasteiger partial charge in [0.05, 0.1) is 11.6 Å². The van der Waals surface area contributed by atoms with E-state index in [-0.39, 0.29) is 17.2 Å². The number of ketones is 1. The van der Waals surface area contributed by atoms with Crippen molar-refractivity contribution in [3.8, 4) is 0 Å². The molecule has 7 nitrogen and oxygen atoms in total. The number of amides is 1. The van der Waals surface area contributed by atoms with Gasteiger partial charge in [-0.15, -0.1) is 0 Å². The van der Waals surface area contributed by atoms with Gasteiger partial charge < -0.3 is 14.6 Å². The highest BCUT2D eigenvalue weighted by Gasteiger charge is 2.48. The van der Waals surface area contributed by atoms with Gasteiger partial charge in [0.15, 0.2) is 5.82 Å². The quantitative estimate of drug-likeness (QED) is 0.365. The summed E-state index contributed by atoms with van der Waals surface area (Å²) in [6.07, 6.45) is 0. The highest BCUT2D eigenvalue weighted by atomic mass is 35.5. The number of hydrogen-bond acceptors (Lipinski definition) is 5. The summed E-state index contributed by atoms with van der Waals surface area (Å²) in [6, 6.07) is 7.47. The van der Waals surface area contributed by atoms with Crippen LogP contribution in [0.25, 0.3) is 5.76 Å². The summed E-state index contributed by atoms with van der Waals surface area (Å²) in [5.74, 6) is -1.10. The smallest absolute Gasteiger partial charge is 0.301 e. The van der Waals surface area contributed by atoms with Gasteiger partial charge in [-0.2, -0.15) is 0 Å². The molecule has 1 amide bonds. The number of benzene rings is 1. The van der Waals surface area contributed by atoms with E-state index in [9.17, 15) is 14.7 Å². The molecule has 1 fully saturated rings. The van der Waals surface area contributed by atoms with Crippen LogP contribution in [-0.2, 0) is 9.59 Å². The lowest BCUT2D eigenvalue weighted by Gasteiger charge is -2.23. The van der Waals surface area contributed by atoms with Crippen molar-refractivity contribution >= 4 is 34.9 Å². The SMILES string of the molecule is Cc1cc(N2C(=O)C(=O)/C(=C(/O)c3c(C)[nH]c(C)c3C)C2c2ccc(Cl)cc2)no1. The van der Waals surface area contributed by atoms with Gasteiger partial charge in [0.25, 0.3) is 5.78 Å². The van der Waals surface area contributed by atoms with E-state index in [4.69, 9.17) is 16.1 Å². The molecular weight excluding hydrogens is 406 g/mol. The average Bonchev–Trinajstić information content (AvgIpc) is 3.31. The number of aromatic amines is 1. The number of nitrogens with zero attached hydrogens (tertiary/aromatic N) is 2. The molecule has 1 aliphatic rings. The van der Waals surface area contributed by atoms with E-state index in [1.165, 1.54) is 4.90 Å². The largest absolute Gasteiger partial charge is 0.507 e. The number of carbonyl (C=O) groups excluding carboxylic acids is 2. The lowest BCUT2D eigenvalue weighted by molar-refractivity contribution is -0.132. The molecular formula is C22H20ClN3O4. The topological polar surface area (TPSA) is 99.4 Å². The first-order chi connectivity index (χ1) is 14.2. The Bertz CT molecular complexity index is 1200. The van der Waals surface area contributed by atoms with Crippen molar-refractivity contribution in [2.75, 3.05) is 4.90 Å². The lowest BCUT2D eigenvalue weighted by Crippen LogP contribution is -2.29. The normalized spacial score (nSPS) is 18.4. The van der Waals surface area contributed by atoms with E-state index in [0.717, 1.165) is 11.3 Å². The van der Waals surface area contributed by atoms with Crippen molar-refractivity contribution in [1.29, 1.82) is 0 Å². The summed E-state index contributed by atoms with van der Waals surface area (Å²) in [4.78, 5) is 30.5. The van der Waals surface area contributed by atoms with Gasteiger partial charge in [-0.25, -0.2) is 0 Å². The molecule has 0 aliphatic carbocycles. The maximum absolute atomic E-state index is 13.1. The van der Waals surface area contributed by atoms with Crippen molar-refractivity contribution in [1.82, 2.24) is 10.1 Å². The molecule has 0 spiro atoms. The van der Waals surface area contributed by atoms with Crippen molar-refractivity contribution < 1.29 is 19.2 Å². The van der Waals surface area contributed by atoms with E-state index in [2.05, 4.69) is 10.1 Å². The molecule has 2 N–H and O–H groups in total. The van der Waals surface area contributed by atoms with Gasteiger partial charge in [0.1, 0.15) is 11.5 Å². The second-order valence-corrected chi connectivity index (χ2v) is 7.83. The molecule has 0 saturated carbocycles. The number of nitrogens with one attached hydrogen (secondary N) is 1. The van der Waals surface area contributed by atoms with E-state index >= 15 is 0 Å². The Balaban J connectivity index is 1.99. The molecule has 1 aromatic carbocycles. The fraction of sp³-hybridized carbons (Fsp3) is 0.227. The Morgan fingerprint density at radius 2 is 1.80 bits per heavy atom. The number of rotatable bonds is 3. The molecule has 1 unspecified atom stereocenters. The number of H-pyrrole nitrogens is 1. The summed E-state index contributed by atoms with van der Waals surface area (Å²) in [7, 11) is 0.